The highest BCUT2D eigenvalue weighted by Crippen LogP contribution is 2.41. The number of hydrogen-bond acceptors (Lipinski definition) is 5. The number of hydrogen-bond donors (Lipinski definition) is 0. The van der Waals surface area contributed by atoms with Crippen molar-refractivity contribution in [1.29, 1.82) is 0 Å². The molecule has 0 radical (unpaired) electrons. The average molecular weight is 593 g/mol. The molecule has 0 aliphatic carbocycles. The van der Waals surface area contributed by atoms with Crippen molar-refractivity contribution < 1.29 is 8.83 Å². The van der Waals surface area contributed by atoms with Gasteiger partial charge in [0, 0.05) is 68.8 Å². The third kappa shape index (κ3) is 3.64. The summed E-state index contributed by atoms with van der Waals surface area (Å²) < 4.78 is 14.8. The smallest absolute Gasteiger partial charge is 0.153 e. The lowest BCUT2D eigenvalue weighted by molar-refractivity contribution is 0.668. The summed E-state index contributed by atoms with van der Waals surface area (Å²) in [6, 6.07) is 46.2. The molecule has 0 bridgehead atoms. The summed E-state index contributed by atoms with van der Waals surface area (Å²) in [6.45, 7) is 0. The van der Waals surface area contributed by atoms with Gasteiger partial charge in [-0.05, 0) is 84.9 Å². The number of fused-ring (bicyclic) bond motifs is 9. The predicted molar refractivity (Wildman–Crippen MR) is 186 cm³/mol. The second kappa shape index (κ2) is 9.55. The highest BCUT2D eigenvalue weighted by molar-refractivity contribution is 6.09. The quantitative estimate of drug-likeness (QED) is 0.203. The Morgan fingerprint density at radius 3 is 1.48 bits per heavy atom. The number of para-hydroxylation sites is 2. The molecule has 0 spiro atoms. The van der Waals surface area contributed by atoms with Crippen LogP contribution in [0.25, 0.3) is 71.6 Å². The molecule has 0 amide bonds. The van der Waals surface area contributed by atoms with E-state index >= 15 is 0 Å². The van der Waals surface area contributed by atoms with E-state index in [1.807, 2.05) is 24.3 Å². The van der Waals surface area contributed by atoms with Crippen molar-refractivity contribution in [2.45, 2.75) is 0 Å². The lowest BCUT2D eigenvalue weighted by Gasteiger charge is -2.25. The first-order valence-electron chi connectivity index (χ1n) is 15.2. The minimum Gasteiger partial charge on any atom is -0.454 e. The topological polar surface area (TPSA) is 60.2 Å². The Morgan fingerprint density at radius 2 is 0.935 bits per heavy atom. The number of anilines is 3. The Kier molecular flexibility index (Phi) is 5.19. The fourth-order valence-corrected chi connectivity index (χ4v) is 6.85. The second-order valence-electron chi connectivity index (χ2n) is 11.5. The van der Waals surface area contributed by atoms with E-state index in [0.29, 0.717) is 0 Å². The van der Waals surface area contributed by atoms with Gasteiger partial charge in [-0.2, -0.15) is 0 Å². The Labute approximate surface area is 262 Å². The van der Waals surface area contributed by atoms with Gasteiger partial charge in [-0.25, -0.2) is 0 Å². The molecule has 0 saturated heterocycles. The zero-order chi connectivity index (χ0) is 30.2. The highest BCUT2D eigenvalue weighted by Gasteiger charge is 2.19. The van der Waals surface area contributed by atoms with Gasteiger partial charge in [0.25, 0.3) is 0 Å². The maximum absolute atomic E-state index is 6.26. The van der Waals surface area contributed by atoms with Gasteiger partial charge in [-0.15, -0.1) is 0 Å². The molecule has 216 valence electrons. The molecule has 0 fully saturated rings. The summed E-state index contributed by atoms with van der Waals surface area (Å²) >= 11 is 0. The van der Waals surface area contributed by atoms with Crippen molar-refractivity contribution in [3.63, 3.8) is 0 Å². The van der Waals surface area contributed by atoms with Gasteiger partial charge in [0.1, 0.15) is 22.2 Å². The van der Waals surface area contributed by atoms with Crippen molar-refractivity contribution in [2.24, 2.45) is 0 Å². The maximum atomic E-state index is 6.26. The fraction of sp³-hybridized carbons (Fsp3) is 0. The van der Waals surface area contributed by atoms with Crippen molar-refractivity contribution in [3.8, 4) is 5.69 Å². The molecule has 0 saturated carbocycles. The first kappa shape index (κ1) is 25.0. The molecule has 10 aromatic rings. The average Bonchev–Trinajstić information content (AvgIpc) is 3.78. The van der Waals surface area contributed by atoms with Crippen LogP contribution in [0.2, 0.25) is 0 Å². The Balaban J connectivity index is 1.16. The summed E-state index contributed by atoms with van der Waals surface area (Å²) in [5.74, 6) is 0. The first-order chi connectivity index (χ1) is 22.8. The summed E-state index contributed by atoms with van der Waals surface area (Å²) in [4.78, 5) is 11.4. The van der Waals surface area contributed by atoms with Crippen LogP contribution in [0.3, 0.4) is 0 Å². The van der Waals surface area contributed by atoms with Gasteiger partial charge in [0.05, 0.1) is 11.0 Å². The Bertz CT molecular complexity index is 2600. The summed E-state index contributed by atoms with van der Waals surface area (Å²) in [5, 5.41) is 4.46. The van der Waals surface area contributed by atoms with Crippen LogP contribution in [0.15, 0.2) is 155 Å². The number of rotatable bonds is 4. The molecule has 5 heterocycles. The second-order valence-corrected chi connectivity index (χ2v) is 11.5. The van der Waals surface area contributed by atoms with Gasteiger partial charge in [-0.3, -0.25) is 9.97 Å². The largest absolute Gasteiger partial charge is 0.454 e. The predicted octanol–water partition coefficient (Wildman–Crippen LogP) is 10.8. The molecule has 0 N–H and O–H groups in total. The summed E-state index contributed by atoms with van der Waals surface area (Å²) in [6.07, 6.45) is 3.60. The molecular formula is C40H24N4O2. The number of furan rings is 2. The van der Waals surface area contributed by atoms with Crippen LogP contribution in [-0.4, -0.2) is 14.5 Å². The molecule has 46 heavy (non-hydrogen) atoms. The monoisotopic (exact) mass is 592 g/mol. The van der Waals surface area contributed by atoms with Gasteiger partial charge in [0.15, 0.2) is 11.2 Å². The van der Waals surface area contributed by atoms with E-state index in [4.69, 9.17) is 8.83 Å². The van der Waals surface area contributed by atoms with Crippen LogP contribution in [0.4, 0.5) is 17.1 Å². The van der Waals surface area contributed by atoms with Crippen LogP contribution < -0.4 is 4.90 Å². The molecule has 5 aromatic heterocycles. The van der Waals surface area contributed by atoms with Crippen LogP contribution in [0.5, 0.6) is 0 Å². The van der Waals surface area contributed by atoms with E-state index in [9.17, 15) is 0 Å². The number of aromatic nitrogens is 3. The molecule has 5 aromatic carbocycles. The molecule has 6 nitrogen and oxygen atoms in total. The molecule has 0 aliphatic rings. The van der Waals surface area contributed by atoms with E-state index in [1.165, 1.54) is 21.8 Å². The zero-order valence-electron chi connectivity index (χ0n) is 24.5. The van der Waals surface area contributed by atoms with Crippen LogP contribution in [0, 0.1) is 0 Å². The highest BCUT2D eigenvalue weighted by atomic mass is 16.3. The van der Waals surface area contributed by atoms with Crippen molar-refractivity contribution in [2.75, 3.05) is 4.90 Å². The fourth-order valence-electron chi connectivity index (χ4n) is 6.85. The van der Waals surface area contributed by atoms with Crippen molar-refractivity contribution in [1.82, 2.24) is 14.5 Å². The number of benzene rings is 5. The molecule has 0 atom stereocenters. The van der Waals surface area contributed by atoms with E-state index in [0.717, 1.165) is 66.9 Å². The maximum Gasteiger partial charge on any atom is 0.153 e. The first-order valence-corrected chi connectivity index (χ1v) is 15.2. The third-order valence-electron chi connectivity index (χ3n) is 8.88. The summed E-state index contributed by atoms with van der Waals surface area (Å²) in [5.41, 5.74) is 11.2. The summed E-state index contributed by atoms with van der Waals surface area (Å²) in [7, 11) is 0. The van der Waals surface area contributed by atoms with Gasteiger partial charge < -0.3 is 18.3 Å². The number of pyridine rings is 2. The van der Waals surface area contributed by atoms with E-state index < -0.39 is 0 Å². The minimum absolute atomic E-state index is 0.771. The molecular weight excluding hydrogens is 568 g/mol. The lowest BCUT2D eigenvalue weighted by atomic mass is 10.1. The van der Waals surface area contributed by atoms with E-state index in [1.54, 1.807) is 12.4 Å². The Morgan fingerprint density at radius 1 is 0.435 bits per heavy atom. The molecule has 6 heteroatoms. The lowest BCUT2D eigenvalue weighted by Crippen LogP contribution is -2.10. The van der Waals surface area contributed by atoms with E-state index in [2.05, 4.69) is 129 Å². The van der Waals surface area contributed by atoms with Crippen LogP contribution in [0.1, 0.15) is 0 Å². The van der Waals surface area contributed by atoms with Crippen LogP contribution >= 0.6 is 0 Å². The third-order valence-corrected chi connectivity index (χ3v) is 8.88. The van der Waals surface area contributed by atoms with Crippen molar-refractivity contribution in [3.05, 3.63) is 146 Å². The standard InChI is InChI=1S/C40H24N4O2/c1-3-9-33-29(7-1)30-8-2-4-10-34(30)44(33)26-15-13-25(14-16-26)43(27-17-19-31-37(23-27)45-35-11-5-21-41-39(31)35)28-18-20-32-38(24-28)46-36-12-6-22-42-40(32)36/h1-24H. The molecule has 0 unspecified atom stereocenters. The SMILES string of the molecule is c1cnc2c(c1)oc1cc(N(c3ccc(-n4c5ccccc5c5ccccc54)cc3)c3ccc4c(c3)oc3cccnc34)ccc12. The van der Waals surface area contributed by atoms with Gasteiger partial charge in [-0.1, -0.05) is 36.4 Å². The number of nitrogens with zero attached hydrogens (tertiary/aromatic N) is 4. The van der Waals surface area contributed by atoms with Crippen molar-refractivity contribution >= 4 is 83.0 Å². The van der Waals surface area contributed by atoms with Gasteiger partial charge >= 0.3 is 0 Å². The normalized spacial score (nSPS) is 11.9. The van der Waals surface area contributed by atoms with Crippen LogP contribution in [-0.2, 0) is 0 Å². The molecule has 0 aliphatic heterocycles. The molecule has 10 rings (SSSR count). The minimum atomic E-state index is 0.771. The zero-order valence-corrected chi connectivity index (χ0v) is 24.5. The Hall–Kier alpha value is -6.40. The van der Waals surface area contributed by atoms with Gasteiger partial charge in [0.2, 0.25) is 0 Å². The van der Waals surface area contributed by atoms with E-state index in [-0.39, 0.29) is 0 Å².